The van der Waals surface area contributed by atoms with Gasteiger partial charge in [-0.05, 0) is 48.2 Å². The van der Waals surface area contributed by atoms with Crippen LogP contribution in [0.4, 0.5) is 0 Å². The number of hydrogen-bond acceptors (Lipinski definition) is 6. The Bertz CT molecular complexity index is 1040. The Morgan fingerprint density at radius 1 is 0.618 bits per heavy atom. The van der Waals surface area contributed by atoms with Gasteiger partial charge < -0.3 is 18.9 Å². The number of benzene rings is 3. The summed E-state index contributed by atoms with van der Waals surface area (Å²) in [6.07, 6.45) is 1.60. The molecule has 0 bridgehead atoms. The molecule has 178 valence electrons. The van der Waals surface area contributed by atoms with E-state index >= 15 is 0 Å². The minimum atomic E-state index is 0.345. The Kier molecular flexibility index (Phi) is 8.96. The average Bonchev–Trinajstić information content (AvgIpc) is 2.84. The molecule has 34 heavy (non-hydrogen) atoms. The molecular weight excluding hydrogens is 432 g/mol. The van der Waals surface area contributed by atoms with Gasteiger partial charge >= 0.3 is 0 Å². The normalized spacial score (nSPS) is 10.7. The highest BCUT2D eigenvalue weighted by Crippen LogP contribution is 2.27. The number of methoxy groups -OCH3 is 2. The third kappa shape index (κ3) is 6.31. The minimum absolute atomic E-state index is 0.345. The summed E-state index contributed by atoms with van der Waals surface area (Å²) < 4.78 is 22.5. The summed E-state index contributed by atoms with van der Waals surface area (Å²) in [6, 6.07) is 15.5. The maximum absolute atomic E-state index is 11.3. The first kappa shape index (κ1) is 25.1. The third-order valence-corrected chi connectivity index (χ3v) is 5.42. The zero-order valence-electron chi connectivity index (χ0n) is 20.1. The summed E-state index contributed by atoms with van der Waals surface area (Å²) in [5.41, 5.74) is 6.77. The minimum Gasteiger partial charge on any atom is -0.496 e. The topological polar surface area (TPSA) is 71.1 Å². The lowest BCUT2D eigenvalue weighted by Gasteiger charge is -2.13. The second-order valence-electron chi connectivity index (χ2n) is 8.13. The van der Waals surface area contributed by atoms with Crippen molar-refractivity contribution in [3.8, 4) is 11.5 Å². The second-order valence-corrected chi connectivity index (χ2v) is 8.13. The molecule has 3 rings (SSSR count). The van der Waals surface area contributed by atoms with E-state index < -0.39 is 0 Å². The van der Waals surface area contributed by atoms with E-state index in [2.05, 4.69) is 0 Å². The van der Waals surface area contributed by atoms with Crippen molar-refractivity contribution < 1.29 is 28.5 Å². The Morgan fingerprint density at radius 2 is 1.00 bits per heavy atom. The molecule has 0 amide bonds. The van der Waals surface area contributed by atoms with Crippen molar-refractivity contribution >= 4 is 12.6 Å². The number of aldehydes is 2. The lowest BCUT2D eigenvalue weighted by Crippen LogP contribution is -2.02. The molecule has 6 nitrogen and oxygen atoms in total. The van der Waals surface area contributed by atoms with Gasteiger partial charge in [0, 0.05) is 11.1 Å². The standard InChI is InChI=1S/C28H30O6/c1-19-9-23(13-29)27(31-3)25(11-19)17-33-15-21-5-7-22(8-6-21)16-34-18-26-12-20(2)10-24(14-30)28(26)32-4/h5-14H,15-18H2,1-4H3. The van der Waals surface area contributed by atoms with Crippen LogP contribution in [-0.4, -0.2) is 26.8 Å². The molecule has 3 aromatic rings. The maximum atomic E-state index is 11.3. The van der Waals surface area contributed by atoms with Gasteiger partial charge in [-0.1, -0.05) is 36.4 Å². The number of aryl methyl sites for hydroxylation is 2. The van der Waals surface area contributed by atoms with E-state index in [1.54, 1.807) is 26.4 Å². The van der Waals surface area contributed by atoms with Crippen molar-refractivity contribution in [2.75, 3.05) is 14.2 Å². The molecule has 0 unspecified atom stereocenters. The van der Waals surface area contributed by atoms with Crippen LogP contribution in [0.5, 0.6) is 11.5 Å². The van der Waals surface area contributed by atoms with Gasteiger partial charge in [0.25, 0.3) is 0 Å². The molecule has 0 spiro atoms. The summed E-state index contributed by atoms with van der Waals surface area (Å²) >= 11 is 0. The van der Waals surface area contributed by atoms with Crippen molar-refractivity contribution in [2.24, 2.45) is 0 Å². The van der Waals surface area contributed by atoms with Crippen LogP contribution in [0.2, 0.25) is 0 Å². The van der Waals surface area contributed by atoms with Crippen molar-refractivity contribution in [1.29, 1.82) is 0 Å². The first-order valence-electron chi connectivity index (χ1n) is 11.0. The van der Waals surface area contributed by atoms with E-state index in [-0.39, 0.29) is 0 Å². The van der Waals surface area contributed by atoms with E-state index in [0.29, 0.717) is 49.1 Å². The zero-order chi connectivity index (χ0) is 24.5. The number of carbonyl (C=O) groups is 2. The molecule has 0 radical (unpaired) electrons. The summed E-state index contributed by atoms with van der Waals surface area (Å²) in [5, 5.41) is 0. The van der Waals surface area contributed by atoms with E-state index in [4.69, 9.17) is 18.9 Å². The van der Waals surface area contributed by atoms with Crippen molar-refractivity contribution in [2.45, 2.75) is 40.3 Å². The van der Waals surface area contributed by atoms with Crippen molar-refractivity contribution in [3.63, 3.8) is 0 Å². The Hall–Kier alpha value is -3.48. The first-order chi connectivity index (χ1) is 16.5. The van der Waals surface area contributed by atoms with Crippen LogP contribution < -0.4 is 9.47 Å². The number of carbonyl (C=O) groups excluding carboxylic acids is 2. The molecule has 0 atom stereocenters. The second kappa shape index (κ2) is 12.1. The number of ether oxygens (including phenoxy) is 4. The molecule has 0 aliphatic heterocycles. The van der Waals surface area contributed by atoms with Crippen LogP contribution >= 0.6 is 0 Å². The predicted molar refractivity (Wildman–Crippen MR) is 130 cm³/mol. The zero-order valence-corrected chi connectivity index (χ0v) is 20.1. The quantitative estimate of drug-likeness (QED) is 0.337. The molecule has 3 aromatic carbocycles. The highest BCUT2D eigenvalue weighted by molar-refractivity contribution is 5.81. The fraction of sp³-hybridized carbons (Fsp3) is 0.286. The van der Waals surface area contributed by atoms with Gasteiger partial charge in [0.15, 0.2) is 12.6 Å². The highest BCUT2D eigenvalue weighted by Gasteiger charge is 2.12. The van der Waals surface area contributed by atoms with E-state index in [1.165, 1.54) is 0 Å². The molecule has 0 fully saturated rings. The summed E-state index contributed by atoms with van der Waals surface area (Å²) in [7, 11) is 3.11. The smallest absolute Gasteiger partial charge is 0.153 e. The average molecular weight is 463 g/mol. The van der Waals surface area contributed by atoms with Gasteiger partial charge in [0.2, 0.25) is 0 Å². The number of hydrogen-bond donors (Lipinski definition) is 0. The van der Waals surface area contributed by atoms with Gasteiger partial charge in [-0.15, -0.1) is 0 Å². The SMILES string of the molecule is COc1c(C=O)cc(C)cc1COCc1ccc(COCc2cc(C)cc(C=O)c2OC)cc1. The van der Waals surface area contributed by atoms with Crippen LogP contribution in [0.1, 0.15) is 54.1 Å². The van der Waals surface area contributed by atoms with Gasteiger partial charge in [-0.3, -0.25) is 9.59 Å². The lowest BCUT2D eigenvalue weighted by atomic mass is 10.1. The Morgan fingerprint density at radius 3 is 1.32 bits per heavy atom. The van der Waals surface area contributed by atoms with Crippen molar-refractivity contribution in [3.05, 3.63) is 93.0 Å². The molecule has 0 aliphatic rings. The molecule has 0 aliphatic carbocycles. The monoisotopic (exact) mass is 462 g/mol. The van der Waals surface area contributed by atoms with Crippen LogP contribution in [0.3, 0.4) is 0 Å². The molecule has 0 heterocycles. The van der Waals surface area contributed by atoms with Gasteiger partial charge in [-0.25, -0.2) is 0 Å². The first-order valence-corrected chi connectivity index (χ1v) is 11.0. The Labute approximate surface area is 200 Å². The molecule has 0 saturated heterocycles. The van der Waals surface area contributed by atoms with Crippen LogP contribution in [-0.2, 0) is 35.9 Å². The largest absolute Gasteiger partial charge is 0.496 e. The summed E-state index contributed by atoms with van der Waals surface area (Å²) in [6.45, 7) is 5.43. The van der Waals surface area contributed by atoms with Crippen LogP contribution in [0, 0.1) is 13.8 Å². The number of rotatable bonds is 12. The highest BCUT2D eigenvalue weighted by atomic mass is 16.5. The summed E-state index contributed by atoms with van der Waals surface area (Å²) in [4.78, 5) is 22.6. The Balaban J connectivity index is 1.54. The lowest BCUT2D eigenvalue weighted by molar-refractivity contribution is 0.103. The summed E-state index contributed by atoms with van der Waals surface area (Å²) in [5.74, 6) is 1.11. The van der Waals surface area contributed by atoms with E-state index in [1.807, 2.05) is 50.2 Å². The van der Waals surface area contributed by atoms with Gasteiger partial charge in [0.05, 0.1) is 51.8 Å². The molecule has 6 heteroatoms. The van der Waals surface area contributed by atoms with Crippen LogP contribution in [0.15, 0.2) is 48.5 Å². The van der Waals surface area contributed by atoms with E-state index in [0.717, 1.165) is 46.0 Å². The van der Waals surface area contributed by atoms with Crippen molar-refractivity contribution in [1.82, 2.24) is 0 Å². The van der Waals surface area contributed by atoms with E-state index in [9.17, 15) is 9.59 Å². The fourth-order valence-corrected chi connectivity index (χ4v) is 3.93. The predicted octanol–water partition coefficient (Wildman–Crippen LogP) is 5.38. The fourth-order valence-electron chi connectivity index (χ4n) is 3.93. The maximum Gasteiger partial charge on any atom is 0.153 e. The molecular formula is C28H30O6. The molecule has 0 N–H and O–H groups in total. The third-order valence-electron chi connectivity index (χ3n) is 5.42. The van der Waals surface area contributed by atoms with Gasteiger partial charge in [0.1, 0.15) is 11.5 Å². The molecule has 0 saturated carbocycles. The van der Waals surface area contributed by atoms with Crippen LogP contribution in [0.25, 0.3) is 0 Å². The molecule has 0 aromatic heterocycles. The van der Waals surface area contributed by atoms with Gasteiger partial charge in [-0.2, -0.15) is 0 Å².